The molecule has 1 N–H and O–H groups in total. The van der Waals surface area contributed by atoms with E-state index >= 15 is 0 Å². The third-order valence-corrected chi connectivity index (χ3v) is 3.05. The fourth-order valence-corrected chi connectivity index (χ4v) is 2.11. The second kappa shape index (κ2) is 6.14. The van der Waals surface area contributed by atoms with Crippen LogP contribution in [0.2, 0.25) is 0 Å². The van der Waals surface area contributed by atoms with Crippen LogP contribution in [0.4, 0.5) is 0 Å². The summed E-state index contributed by atoms with van der Waals surface area (Å²) in [5.41, 5.74) is 0.678. The zero-order chi connectivity index (χ0) is 13.8. The molecule has 1 rings (SSSR count). The third kappa shape index (κ3) is 4.26. The zero-order valence-electron chi connectivity index (χ0n) is 11.7. The highest BCUT2D eigenvalue weighted by Gasteiger charge is 2.37. The number of hydrogen-bond donors (Lipinski definition) is 1. The second-order valence-corrected chi connectivity index (χ2v) is 5.82. The Labute approximate surface area is 109 Å². The maximum atomic E-state index is 11.9. The Hall–Kier alpha value is -1.16. The molecule has 1 heterocycles. The Kier molecular flexibility index (Phi) is 5.08. The monoisotopic (exact) mass is 252 g/mol. The van der Waals surface area contributed by atoms with Crippen molar-refractivity contribution in [1.82, 2.24) is 10.2 Å². The van der Waals surface area contributed by atoms with Crippen LogP contribution in [-0.4, -0.2) is 36.3 Å². The van der Waals surface area contributed by atoms with Crippen molar-refractivity contribution in [3.8, 4) is 0 Å². The maximum Gasteiger partial charge on any atom is 0.230 e. The number of likely N-dealkylation sites (tertiary alicyclic amines) is 1. The third-order valence-electron chi connectivity index (χ3n) is 3.05. The average molecular weight is 252 g/mol. The van der Waals surface area contributed by atoms with Crippen LogP contribution in [0.1, 0.15) is 40.0 Å². The maximum absolute atomic E-state index is 11.9. The Morgan fingerprint density at radius 1 is 1.33 bits per heavy atom. The summed E-state index contributed by atoms with van der Waals surface area (Å²) >= 11 is 0. The topological polar surface area (TPSA) is 49.4 Å². The summed E-state index contributed by atoms with van der Waals surface area (Å²) < 4.78 is 0. The lowest BCUT2D eigenvalue weighted by Crippen LogP contribution is -2.47. The lowest BCUT2D eigenvalue weighted by Gasteiger charge is -2.35. The summed E-state index contributed by atoms with van der Waals surface area (Å²) in [5, 5.41) is 3.22. The highest BCUT2D eigenvalue weighted by atomic mass is 16.2. The fraction of sp³-hybridized carbons (Fsp3) is 0.714. The van der Waals surface area contributed by atoms with Crippen LogP contribution in [0.15, 0.2) is 12.2 Å². The first-order valence-electron chi connectivity index (χ1n) is 6.56. The van der Waals surface area contributed by atoms with Crippen LogP contribution in [0.3, 0.4) is 0 Å². The molecule has 0 atom stereocenters. The largest absolute Gasteiger partial charge is 0.313 e. The SMILES string of the molecule is C=C(CNCCC)CN1C(=O)CC(C)(C)CC1=O. The first-order chi connectivity index (χ1) is 8.35. The van der Waals surface area contributed by atoms with Crippen molar-refractivity contribution in [3.63, 3.8) is 0 Å². The summed E-state index contributed by atoms with van der Waals surface area (Å²) in [6.07, 6.45) is 1.94. The molecule has 1 saturated heterocycles. The molecule has 2 amide bonds. The predicted molar refractivity (Wildman–Crippen MR) is 72.0 cm³/mol. The van der Waals surface area contributed by atoms with Gasteiger partial charge in [0.05, 0.1) is 6.54 Å². The molecule has 102 valence electrons. The van der Waals surface area contributed by atoms with Crippen LogP contribution in [0.5, 0.6) is 0 Å². The van der Waals surface area contributed by atoms with E-state index in [4.69, 9.17) is 0 Å². The van der Waals surface area contributed by atoms with E-state index in [1.807, 2.05) is 13.8 Å². The lowest BCUT2D eigenvalue weighted by molar-refractivity contribution is -0.151. The molecule has 0 spiro atoms. The van der Waals surface area contributed by atoms with E-state index in [2.05, 4.69) is 18.8 Å². The number of piperidine rings is 1. The summed E-state index contributed by atoms with van der Waals surface area (Å²) in [7, 11) is 0. The van der Waals surface area contributed by atoms with Crippen LogP contribution >= 0.6 is 0 Å². The quantitative estimate of drug-likeness (QED) is 0.445. The van der Waals surface area contributed by atoms with Gasteiger partial charge in [0.1, 0.15) is 0 Å². The van der Waals surface area contributed by atoms with Gasteiger partial charge in [0, 0.05) is 19.4 Å². The highest BCUT2D eigenvalue weighted by Crippen LogP contribution is 2.31. The van der Waals surface area contributed by atoms with Gasteiger partial charge in [-0.1, -0.05) is 27.4 Å². The molecule has 4 nitrogen and oxygen atoms in total. The molecule has 0 aromatic rings. The van der Waals surface area contributed by atoms with E-state index in [-0.39, 0.29) is 17.2 Å². The summed E-state index contributed by atoms with van der Waals surface area (Å²) in [6, 6.07) is 0. The molecule has 1 fully saturated rings. The summed E-state index contributed by atoms with van der Waals surface area (Å²) in [4.78, 5) is 25.2. The van der Waals surface area contributed by atoms with Gasteiger partial charge in [0.25, 0.3) is 0 Å². The van der Waals surface area contributed by atoms with Crippen LogP contribution < -0.4 is 5.32 Å². The number of amides is 2. The van der Waals surface area contributed by atoms with Crippen molar-refractivity contribution < 1.29 is 9.59 Å². The van der Waals surface area contributed by atoms with Gasteiger partial charge in [0.15, 0.2) is 0 Å². The number of nitrogens with zero attached hydrogens (tertiary/aromatic N) is 1. The van der Waals surface area contributed by atoms with Crippen molar-refractivity contribution in [2.45, 2.75) is 40.0 Å². The van der Waals surface area contributed by atoms with E-state index in [0.717, 1.165) is 18.5 Å². The minimum atomic E-state index is -0.202. The van der Waals surface area contributed by atoms with Crippen LogP contribution in [0, 0.1) is 5.41 Å². The van der Waals surface area contributed by atoms with Crippen molar-refractivity contribution in [2.24, 2.45) is 5.41 Å². The molecule has 0 saturated carbocycles. The molecule has 0 aliphatic carbocycles. The number of rotatable bonds is 6. The van der Waals surface area contributed by atoms with Gasteiger partial charge in [-0.2, -0.15) is 0 Å². The molecular weight excluding hydrogens is 228 g/mol. The first-order valence-corrected chi connectivity index (χ1v) is 6.56. The number of carbonyl (C=O) groups is 2. The second-order valence-electron chi connectivity index (χ2n) is 5.82. The average Bonchev–Trinajstić information content (AvgIpc) is 2.22. The smallest absolute Gasteiger partial charge is 0.230 e. The van der Waals surface area contributed by atoms with Crippen molar-refractivity contribution in [2.75, 3.05) is 19.6 Å². The Bertz CT molecular complexity index is 328. The van der Waals surface area contributed by atoms with Crippen LogP contribution in [-0.2, 0) is 9.59 Å². The molecule has 0 unspecified atom stereocenters. The number of hydrogen-bond acceptors (Lipinski definition) is 3. The molecule has 0 bridgehead atoms. The summed E-state index contributed by atoms with van der Waals surface area (Å²) in [5.74, 6) is -0.152. The van der Waals surface area contributed by atoms with E-state index in [1.54, 1.807) is 0 Å². The summed E-state index contributed by atoms with van der Waals surface area (Å²) in [6.45, 7) is 11.9. The minimum Gasteiger partial charge on any atom is -0.313 e. The van der Waals surface area contributed by atoms with Crippen molar-refractivity contribution in [3.05, 3.63) is 12.2 Å². The standard InChI is InChI=1S/C14H24N2O2/c1-5-6-15-9-11(2)10-16-12(17)7-14(3,4)8-13(16)18/h15H,2,5-10H2,1,3-4H3. The molecule has 0 aromatic carbocycles. The lowest BCUT2D eigenvalue weighted by atomic mass is 9.81. The molecule has 4 heteroatoms. The molecule has 18 heavy (non-hydrogen) atoms. The number of carbonyl (C=O) groups excluding carboxylic acids is 2. The first kappa shape index (κ1) is 14.9. The van der Waals surface area contributed by atoms with Crippen molar-refractivity contribution >= 4 is 11.8 Å². The molecule has 1 aliphatic heterocycles. The van der Waals surface area contributed by atoms with Gasteiger partial charge < -0.3 is 5.32 Å². The van der Waals surface area contributed by atoms with E-state index in [9.17, 15) is 9.59 Å². The van der Waals surface area contributed by atoms with Crippen molar-refractivity contribution in [1.29, 1.82) is 0 Å². The number of nitrogens with one attached hydrogen (secondary N) is 1. The molecule has 0 aromatic heterocycles. The fourth-order valence-electron chi connectivity index (χ4n) is 2.11. The molecule has 0 radical (unpaired) electrons. The Morgan fingerprint density at radius 3 is 2.39 bits per heavy atom. The highest BCUT2D eigenvalue weighted by molar-refractivity contribution is 5.98. The van der Waals surface area contributed by atoms with Gasteiger partial charge in [-0.3, -0.25) is 14.5 Å². The minimum absolute atomic E-state index is 0.0760. The van der Waals surface area contributed by atoms with Gasteiger partial charge in [-0.05, 0) is 24.0 Å². The normalized spacial score (nSPS) is 19.2. The van der Waals surface area contributed by atoms with E-state index in [1.165, 1.54) is 4.90 Å². The Morgan fingerprint density at radius 2 is 1.89 bits per heavy atom. The van der Waals surface area contributed by atoms with E-state index in [0.29, 0.717) is 25.9 Å². The Balaban J connectivity index is 2.49. The van der Waals surface area contributed by atoms with Gasteiger partial charge in [0.2, 0.25) is 11.8 Å². The molecule has 1 aliphatic rings. The predicted octanol–water partition coefficient (Wildman–Crippen LogP) is 1.72. The van der Waals surface area contributed by atoms with E-state index < -0.39 is 0 Å². The van der Waals surface area contributed by atoms with Gasteiger partial charge >= 0.3 is 0 Å². The van der Waals surface area contributed by atoms with Gasteiger partial charge in [-0.25, -0.2) is 0 Å². The zero-order valence-corrected chi connectivity index (χ0v) is 11.7. The van der Waals surface area contributed by atoms with Gasteiger partial charge in [-0.15, -0.1) is 0 Å². The number of imide groups is 1. The molecular formula is C14H24N2O2. The van der Waals surface area contributed by atoms with Crippen LogP contribution in [0.25, 0.3) is 0 Å².